The number of nitrogens with zero attached hydrogens (tertiary/aromatic N) is 2. The number of rotatable bonds is 7. The molecular formula is C27H26F6N2O4S2. The van der Waals surface area contributed by atoms with Gasteiger partial charge in [0.05, 0.1) is 12.0 Å². The number of sulfonamides is 1. The molecule has 0 saturated carbocycles. The lowest BCUT2D eigenvalue weighted by molar-refractivity contribution is -0.376. The fourth-order valence-corrected chi connectivity index (χ4v) is 7.03. The second-order valence-electron chi connectivity index (χ2n) is 9.57. The Bertz CT molecular complexity index is 1440. The standard InChI is InChI=1S/C27H26F6N2O4S2/c1-39-22-7-3-2-6-18(22)16-21-17-34(41(37,38)24-9-5-4-8-23(24)40)14-15-35(21)20-12-10-19(11-13-20)25(36,26(28,29)30)27(31,32)33/h2-7,9-13,21,36H,8,14-17H2,1H3/t21-/m1/s1. The molecule has 222 valence electrons. The van der Waals surface area contributed by atoms with Gasteiger partial charge in [-0.25, -0.2) is 8.42 Å². The molecule has 2 aliphatic rings. The lowest BCUT2D eigenvalue weighted by Crippen LogP contribution is -2.56. The van der Waals surface area contributed by atoms with Gasteiger partial charge in [0.1, 0.15) is 5.75 Å². The number of hydrogen-bond acceptors (Lipinski definition) is 6. The number of hydrogen-bond donors (Lipinski definition) is 1. The van der Waals surface area contributed by atoms with E-state index < -0.39 is 39.6 Å². The zero-order valence-electron chi connectivity index (χ0n) is 21.6. The molecule has 1 aliphatic carbocycles. The topological polar surface area (TPSA) is 70.1 Å². The van der Waals surface area contributed by atoms with E-state index in [0.717, 1.165) is 17.7 Å². The predicted octanol–water partition coefficient (Wildman–Crippen LogP) is 5.28. The molecule has 0 radical (unpaired) electrons. The molecule has 41 heavy (non-hydrogen) atoms. The smallest absolute Gasteiger partial charge is 0.430 e. The summed E-state index contributed by atoms with van der Waals surface area (Å²) < 4.78 is 114. The zero-order chi connectivity index (χ0) is 30.2. The van der Waals surface area contributed by atoms with Crippen LogP contribution in [0.3, 0.4) is 0 Å². The Morgan fingerprint density at radius 2 is 1.63 bits per heavy atom. The second kappa shape index (κ2) is 11.4. The van der Waals surface area contributed by atoms with Crippen molar-refractivity contribution < 1.29 is 44.6 Å². The molecule has 4 rings (SSSR count). The van der Waals surface area contributed by atoms with Gasteiger partial charge in [-0.05, 0) is 36.3 Å². The Morgan fingerprint density at radius 1 is 1.00 bits per heavy atom. The maximum absolute atomic E-state index is 13.5. The van der Waals surface area contributed by atoms with Crippen molar-refractivity contribution in [2.24, 2.45) is 0 Å². The number of halogens is 6. The number of ether oxygens (including phenoxy) is 1. The van der Waals surface area contributed by atoms with Crippen LogP contribution in [-0.2, 0) is 22.0 Å². The summed E-state index contributed by atoms with van der Waals surface area (Å²) in [5.41, 5.74) is -5.45. The maximum Gasteiger partial charge on any atom is 0.430 e. The minimum absolute atomic E-state index is 0.00871. The number of aliphatic hydroxyl groups is 1. The first-order valence-corrected chi connectivity index (χ1v) is 14.2. The monoisotopic (exact) mass is 620 g/mol. The molecule has 2 aromatic rings. The fourth-order valence-electron chi connectivity index (χ4n) is 4.96. The lowest BCUT2D eigenvalue weighted by atomic mass is 9.92. The summed E-state index contributed by atoms with van der Waals surface area (Å²) in [6.07, 6.45) is -6.69. The Labute approximate surface area is 238 Å². The summed E-state index contributed by atoms with van der Waals surface area (Å²) in [6.45, 7) is 0.0309. The average Bonchev–Trinajstić information content (AvgIpc) is 2.92. The van der Waals surface area contributed by atoms with E-state index in [2.05, 4.69) is 0 Å². The van der Waals surface area contributed by atoms with Crippen molar-refractivity contribution >= 4 is 32.8 Å². The van der Waals surface area contributed by atoms with E-state index >= 15 is 0 Å². The van der Waals surface area contributed by atoms with Gasteiger partial charge in [0.25, 0.3) is 5.60 Å². The minimum atomic E-state index is -6.01. The molecule has 1 heterocycles. The van der Waals surface area contributed by atoms with Gasteiger partial charge in [-0.2, -0.15) is 30.6 Å². The number of thiocarbonyl (C=S) groups is 1. The van der Waals surface area contributed by atoms with Gasteiger partial charge in [-0.3, -0.25) is 0 Å². The van der Waals surface area contributed by atoms with Crippen LogP contribution in [0.5, 0.6) is 5.75 Å². The summed E-state index contributed by atoms with van der Waals surface area (Å²) in [5.74, 6) is 0.532. The summed E-state index contributed by atoms with van der Waals surface area (Å²) in [5, 5.41) is 9.76. The fraction of sp³-hybridized carbons (Fsp3) is 0.370. The Kier molecular flexibility index (Phi) is 8.61. The van der Waals surface area contributed by atoms with Crippen LogP contribution in [0.1, 0.15) is 17.5 Å². The molecule has 6 nitrogen and oxygen atoms in total. The first kappa shape index (κ1) is 31.0. The Morgan fingerprint density at radius 3 is 2.22 bits per heavy atom. The summed E-state index contributed by atoms with van der Waals surface area (Å²) in [6, 6.07) is 9.71. The molecule has 0 spiro atoms. The summed E-state index contributed by atoms with van der Waals surface area (Å²) in [4.78, 5) is 2.01. The number of allylic oxidation sites excluding steroid dienone is 4. The summed E-state index contributed by atoms with van der Waals surface area (Å²) >= 11 is 5.27. The highest BCUT2D eigenvalue weighted by Crippen LogP contribution is 2.50. The highest BCUT2D eigenvalue weighted by Gasteiger charge is 2.71. The molecule has 1 fully saturated rings. The van der Waals surface area contributed by atoms with Crippen molar-refractivity contribution in [1.29, 1.82) is 0 Å². The van der Waals surface area contributed by atoms with Crippen molar-refractivity contribution in [3.05, 3.63) is 82.8 Å². The first-order valence-electron chi connectivity index (χ1n) is 12.4. The van der Waals surface area contributed by atoms with Gasteiger partial charge < -0.3 is 14.7 Å². The van der Waals surface area contributed by atoms with Crippen LogP contribution in [0, 0.1) is 0 Å². The van der Waals surface area contributed by atoms with Gasteiger partial charge in [0, 0.05) is 48.2 Å². The molecule has 1 atom stereocenters. The van der Waals surface area contributed by atoms with Crippen molar-refractivity contribution in [2.75, 3.05) is 31.6 Å². The molecule has 0 amide bonds. The molecule has 0 unspecified atom stereocenters. The predicted molar refractivity (Wildman–Crippen MR) is 145 cm³/mol. The molecule has 14 heteroatoms. The van der Waals surface area contributed by atoms with Gasteiger partial charge in [-0.1, -0.05) is 54.7 Å². The maximum atomic E-state index is 13.5. The van der Waals surface area contributed by atoms with Crippen molar-refractivity contribution in [3.63, 3.8) is 0 Å². The normalized spacial score (nSPS) is 19.3. The first-order chi connectivity index (χ1) is 19.1. The van der Waals surface area contributed by atoms with E-state index in [4.69, 9.17) is 17.0 Å². The minimum Gasteiger partial charge on any atom is -0.496 e. The molecule has 1 N–H and O–H groups in total. The molecular weight excluding hydrogens is 594 g/mol. The van der Waals surface area contributed by atoms with E-state index in [0.29, 0.717) is 24.3 Å². The molecule has 2 aromatic carbocycles. The van der Waals surface area contributed by atoms with Crippen LogP contribution in [0.25, 0.3) is 0 Å². The largest absolute Gasteiger partial charge is 0.496 e. The number of piperazine rings is 1. The van der Waals surface area contributed by atoms with E-state index in [1.54, 1.807) is 41.3 Å². The Balaban J connectivity index is 1.70. The van der Waals surface area contributed by atoms with E-state index in [-0.39, 0.29) is 41.5 Å². The third-order valence-corrected chi connectivity index (χ3v) is 9.58. The third kappa shape index (κ3) is 5.87. The van der Waals surface area contributed by atoms with Crippen LogP contribution in [0.15, 0.2) is 71.7 Å². The van der Waals surface area contributed by atoms with E-state index in [9.17, 15) is 39.9 Å². The molecule has 1 saturated heterocycles. The Hall–Kier alpha value is -2.94. The van der Waals surface area contributed by atoms with E-state index in [1.165, 1.54) is 17.5 Å². The van der Waals surface area contributed by atoms with Crippen molar-refractivity contribution in [3.8, 4) is 5.75 Å². The SMILES string of the molecule is COc1ccccc1C[C@@H]1CN(S(=O)(=O)C2=CC=CCC2=S)CCN1c1ccc(C(O)(C(F)(F)F)C(F)(F)F)cc1. The van der Waals surface area contributed by atoms with Gasteiger partial charge >= 0.3 is 12.4 Å². The molecule has 0 aromatic heterocycles. The van der Waals surface area contributed by atoms with Crippen molar-refractivity contribution in [1.82, 2.24) is 4.31 Å². The number of benzene rings is 2. The van der Waals surface area contributed by atoms with Crippen LogP contribution in [0.2, 0.25) is 0 Å². The van der Waals surface area contributed by atoms with E-state index in [1.807, 2.05) is 0 Å². The van der Waals surface area contributed by atoms with Crippen LogP contribution in [0.4, 0.5) is 32.0 Å². The number of anilines is 1. The van der Waals surface area contributed by atoms with Crippen LogP contribution in [-0.4, -0.2) is 67.8 Å². The van der Waals surface area contributed by atoms with Gasteiger partial charge in [0.2, 0.25) is 10.0 Å². The van der Waals surface area contributed by atoms with Gasteiger partial charge in [-0.15, -0.1) is 0 Å². The summed E-state index contributed by atoms with van der Waals surface area (Å²) in [7, 11) is -2.51. The number of alkyl halides is 6. The lowest BCUT2D eigenvalue weighted by Gasteiger charge is -2.43. The highest BCUT2D eigenvalue weighted by molar-refractivity contribution is 7.96. The third-order valence-electron chi connectivity index (χ3n) is 7.11. The number of methoxy groups -OCH3 is 1. The second-order valence-corrected chi connectivity index (χ2v) is 12.0. The number of para-hydroxylation sites is 1. The van der Waals surface area contributed by atoms with Crippen molar-refractivity contribution in [2.45, 2.75) is 36.8 Å². The zero-order valence-corrected chi connectivity index (χ0v) is 23.2. The van der Waals surface area contributed by atoms with Crippen LogP contribution >= 0.6 is 12.2 Å². The molecule has 0 bridgehead atoms. The molecule has 1 aliphatic heterocycles. The van der Waals surface area contributed by atoms with Crippen LogP contribution < -0.4 is 9.64 Å². The average molecular weight is 621 g/mol. The quantitative estimate of drug-likeness (QED) is 0.336. The van der Waals surface area contributed by atoms with Gasteiger partial charge in [0.15, 0.2) is 0 Å². The highest BCUT2D eigenvalue weighted by atomic mass is 32.2.